The second-order valence-corrected chi connectivity index (χ2v) is 3.61. The lowest BCUT2D eigenvalue weighted by atomic mass is 9.90. The summed E-state index contributed by atoms with van der Waals surface area (Å²) in [5.74, 6) is 1.79. The van der Waals surface area contributed by atoms with Crippen LogP contribution in [0.3, 0.4) is 0 Å². The lowest BCUT2D eigenvalue weighted by molar-refractivity contribution is 0.182. The van der Waals surface area contributed by atoms with Crippen molar-refractivity contribution in [2.45, 2.75) is 12.5 Å². The number of hydrogen-bond acceptors (Lipinski definition) is 2. The first kappa shape index (κ1) is 7.32. The van der Waals surface area contributed by atoms with Gasteiger partial charge in [0.25, 0.3) is 0 Å². The summed E-state index contributed by atoms with van der Waals surface area (Å²) in [6.45, 7) is 0.330. The van der Waals surface area contributed by atoms with E-state index in [0.29, 0.717) is 30.4 Å². The zero-order chi connectivity index (χ0) is 7.84. The summed E-state index contributed by atoms with van der Waals surface area (Å²) in [7, 11) is 1.99. The molecule has 1 saturated carbocycles. The van der Waals surface area contributed by atoms with Crippen LogP contribution in [-0.4, -0.2) is 24.8 Å². The van der Waals surface area contributed by atoms with Crippen molar-refractivity contribution in [2.75, 3.05) is 13.7 Å². The third-order valence-corrected chi connectivity index (χ3v) is 3.17. The van der Waals surface area contributed by atoms with E-state index in [4.69, 9.17) is 5.11 Å². The monoisotopic (exact) mass is 153 g/mol. The van der Waals surface area contributed by atoms with E-state index < -0.39 is 0 Å². The smallest absolute Gasteiger partial charge is 0.0480 e. The van der Waals surface area contributed by atoms with Crippen molar-refractivity contribution in [3.05, 3.63) is 12.2 Å². The van der Waals surface area contributed by atoms with Gasteiger partial charge in [-0.2, -0.15) is 0 Å². The summed E-state index contributed by atoms with van der Waals surface area (Å²) in [5.41, 5.74) is 0. The second-order valence-electron chi connectivity index (χ2n) is 3.61. The van der Waals surface area contributed by atoms with Crippen molar-refractivity contribution in [3.8, 4) is 0 Å². The Morgan fingerprint density at radius 2 is 2.18 bits per heavy atom. The Morgan fingerprint density at radius 3 is 2.73 bits per heavy atom. The second kappa shape index (κ2) is 2.61. The Morgan fingerprint density at radius 1 is 1.45 bits per heavy atom. The molecule has 2 aliphatic carbocycles. The number of rotatable bonds is 2. The summed E-state index contributed by atoms with van der Waals surface area (Å²) in [6, 6.07) is 0.523. The van der Waals surface area contributed by atoms with E-state index in [9.17, 15) is 0 Å². The molecule has 0 radical (unpaired) electrons. The van der Waals surface area contributed by atoms with Crippen LogP contribution in [0.5, 0.6) is 0 Å². The van der Waals surface area contributed by atoms with Crippen molar-refractivity contribution in [3.63, 3.8) is 0 Å². The lowest BCUT2D eigenvalue weighted by Crippen LogP contribution is -2.38. The highest BCUT2D eigenvalue weighted by Gasteiger charge is 2.42. The van der Waals surface area contributed by atoms with Crippen LogP contribution in [0.1, 0.15) is 6.42 Å². The van der Waals surface area contributed by atoms with Gasteiger partial charge in [0.05, 0.1) is 0 Å². The van der Waals surface area contributed by atoms with Crippen molar-refractivity contribution in [1.82, 2.24) is 5.32 Å². The zero-order valence-corrected chi connectivity index (χ0v) is 6.83. The standard InChI is InChI=1S/C9H15NO/c1-10-9-7-3-2-6(4-7)8(9)5-11/h2-3,6-11H,4-5H2,1H3/t6-,7+,8+,9-/m0/s1. The van der Waals surface area contributed by atoms with Crippen molar-refractivity contribution >= 4 is 0 Å². The van der Waals surface area contributed by atoms with Gasteiger partial charge in [-0.05, 0) is 25.3 Å². The van der Waals surface area contributed by atoms with Gasteiger partial charge in [0.2, 0.25) is 0 Å². The zero-order valence-electron chi connectivity index (χ0n) is 6.83. The van der Waals surface area contributed by atoms with Gasteiger partial charge in [0.1, 0.15) is 0 Å². The minimum Gasteiger partial charge on any atom is -0.396 e. The van der Waals surface area contributed by atoms with Gasteiger partial charge in [0.15, 0.2) is 0 Å². The minimum absolute atomic E-state index is 0.330. The van der Waals surface area contributed by atoms with Crippen LogP contribution in [0.2, 0.25) is 0 Å². The Balaban J connectivity index is 2.15. The van der Waals surface area contributed by atoms with Crippen LogP contribution >= 0.6 is 0 Å². The fourth-order valence-corrected chi connectivity index (χ4v) is 2.60. The number of nitrogens with one attached hydrogen (secondary N) is 1. The van der Waals surface area contributed by atoms with Crippen molar-refractivity contribution < 1.29 is 5.11 Å². The Labute approximate surface area is 67.3 Å². The maximum absolute atomic E-state index is 9.12. The molecule has 0 amide bonds. The molecule has 0 aromatic rings. The SMILES string of the molecule is CN[C@@H]1[C@H](CO)[C@H]2C=C[C@@H]1C2. The molecule has 0 aliphatic heterocycles. The molecule has 62 valence electrons. The van der Waals surface area contributed by atoms with Gasteiger partial charge >= 0.3 is 0 Å². The number of hydrogen-bond donors (Lipinski definition) is 2. The highest BCUT2D eigenvalue weighted by atomic mass is 16.3. The summed E-state index contributed by atoms with van der Waals surface area (Å²) < 4.78 is 0. The minimum atomic E-state index is 0.330. The van der Waals surface area contributed by atoms with Gasteiger partial charge < -0.3 is 10.4 Å². The van der Waals surface area contributed by atoms with Crippen LogP contribution < -0.4 is 5.32 Å². The molecule has 1 fully saturated rings. The fraction of sp³-hybridized carbons (Fsp3) is 0.778. The molecule has 2 aliphatic rings. The van der Waals surface area contributed by atoms with Gasteiger partial charge in [0, 0.05) is 18.6 Å². The molecule has 0 unspecified atom stereocenters. The molecular weight excluding hydrogens is 138 g/mol. The molecule has 2 N–H and O–H groups in total. The molecule has 2 bridgehead atoms. The Hall–Kier alpha value is -0.340. The average Bonchev–Trinajstić information content (AvgIpc) is 2.60. The van der Waals surface area contributed by atoms with Gasteiger partial charge in [-0.15, -0.1) is 0 Å². The third-order valence-electron chi connectivity index (χ3n) is 3.17. The maximum Gasteiger partial charge on any atom is 0.0480 e. The third kappa shape index (κ3) is 0.932. The molecule has 0 aromatic heterocycles. The van der Waals surface area contributed by atoms with Crippen molar-refractivity contribution in [1.29, 1.82) is 0 Å². The quantitative estimate of drug-likeness (QED) is 0.562. The molecule has 0 saturated heterocycles. The average molecular weight is 153 g/mol. The van der Waals surface area contributed by atoms with Crippen LogP contribution in [0.15, 0.2) is 12.2 Å². The van der Waals surface area contributed by atoms with E-state index in [1.54, 1.807) is 0 Å². The number of aliphatic hydroxyl groups is 1. The predicted molar refractivity (Wildman–Crippen MR) is 44.2 cm³/mol. The highest BCUT2D eigenvalue weighted by Crippen LogP contribution is 2.43. The first-order valence-corrected chi connectivity index (χ1v) is 4.33. The predicted octanol–water partition coefficient (Wildman–Crippen LogP) is 0.389. The molecule has 2 rings (SSSR count). The first-order valence-electron chi connectivity index (χ1n) is 4.33. The number of aliphatic hydroxyl groups excluding tert-OH is 1. The van der Waals surface area contributed by atoms with Crippen LogP contribution in [0.4, 0.5) is 0 Å². The normalized spacial score (nSPS) is 47.1. The van der Waals surface area contributed by atoms with E-state index in [1.165, 1.54) is 6.42 Å². The van der Waals surface area contributed by atoms with E-state index >= 15 is 0 Å². The van der Waals surface area contributed by atoms with Gasteiger partial charge in [-0.25, -0.2) is 0 Å². The molecule has 4 atom stereocenters. The van der Waals surface area contributed by atoms with Crippen LogP contribution in [-0.2, 0) is 0 Å². The highest BCUT2D eigenvalue weighted by molar-refractivity contribution is 5.15. The summed E-state index contributed by atoms with van der Waals surface area (Å²) in [4.78, 5) is 0. The van der Waals surface area contributed by atoms with E-state index in [-0.39, 0.29) is 0 Å². The lowest BCUT2D eigenvalue weighted by Gasteiger charge is -2.25. The molecular formula is C9H15NO. The molecule has 2 heteroatoms. The number of allylic oxidation sites excluding steroid dienone is 1. The van der Waals surface area contributed by atoms with Crippen LogP contribution in [0, 0.1) is 17.8 Å². The topological polar surface area (TPSA) is 32.3 Å². The largest absolute Gasteiger partial charge is 0.396 e. The molecule has 0 heterocycles. The molecule has 2 nitrogen and oxygen atoms in total. The van der Waals surface area contributed by atoms with Gasteiger partial charge in [-0.3, -0.25) is 0 Å². The fourth-order valence-electron chi connectivity index (χ4n) is 2.60. The van der Waals surface area contributed by atoms with E-state index in [2.05, 4.69) is 17.5 Å². The molecule has 11 heavy (non-hydrogen) atoms. The summed E-state index contributed by atoms with van der Waals surface area (Å²) in [6.07, 6.45) is 5.80. The van der Waals surface area contributed by atoms with Crippen molar-refractivity contribution in [2.24, 2.45) is 17.8 Å². The molecule has 0 spiro atoms. The summed E-state index contributed by atoms with van der Waals surface area (Å²) in [5, 5.41) is 12.4. The number of fused-ring (bicyclic) bond motifs is 2. The van der Waals surface area contributed by atoms with E-state index in [1.807, 2.05) is 7.05 Å². The van der Waals surface area contributed by atoms with Gasteiger partial charge in [-0.1, -0.05) is 12.2 Å². The molecule has 0 aromatic carbocycles. The summed E-state index contributed by atoms with van der Waals surface area (Å²) >= 11 is 0. The van der Waals surface area contributed by atoms with Crippen LogP contribution in [0.25, 0.3) is 0 Å². The maximum atomic E-state index is 9.12. The van der Waals surface area contributed by atoms with E-state index in [0.717, 1.165) is 0 Å². The Kier molecular flexibility index (Phi) is 1.74. The Bertz CT molecular complexity index is 160. The first-order chi connectivity index (χ1) is 5.36.